The molecule has 0 amide bonds. The van der Waals surface area contributed by atoms with Gasteiger partial charge in [0.1, 0.15) is 11.6 Å². The molecular formula is C21H20N4O2. The second kappa shape index (κ2) is 6.23. The Balaban J connectivity index is 1.66. The number of aryl methyl sites for hydroxylation is 1. The molecule has 0 radical (unpaired) electrons. The molecule has 2 aromatic heterocycles. The number of hydrogen-bond donors (Lipinski definition) is 1. The highest BCUT2D eigenvalue weighted by Gasteiger charge is 2.41. The quantitative estimate of drug-likeness (QED) is 0.776. The number of benzene rings is 1. The van der Waals surface area contributed by atoms with Crippen molar-refractivity contribution in [2.45, 2.75) is 38.6 Å². The average Bonchev–Trinajstić information content (AvgIpc) is 3.31. The second-order valence-electron chi connectivity index (χ2n) is 7.07. The van der Waals surface area contributed by atoms with E-state index in [0.29, 0.717) is 13.0 Å². The lowest BCUT2D eigenvalue weighted by molar-refractivity contribution is -0.116. The van der Waals surface area contributed by atoms with Crippen molar-refractivity contribution in [1.82, 2.24) is 19.7 Å². The zero-order valence-corrected chi connectivity index (χ0v) is 15.1. The van der Waals surface area contributed by atoms with Crippen molar-refractivity contribution in [2.75, 3.05) is 0 Å². The Morgan fingerprint density at radius 2 is 2.11 bits per heavy atom. The molecule has 2 aliphatic rings. The summed E-state index contributed by atoms with van der Waals surface area (Å²) < 4.78 is 8.18. The monoisotopic (exact) mass is 360 g/mol. The molecule has 5 rings (SSSR count). The van der Waals surface area contributed by atoms with E-state index in [9.17, 15) is 4.79 Å². The molecule has 0 spiro atoms. The summed E-state index contributed by atoms with van der Waals surface area (Å²) in [5.41, 5.74) is 3.70. The normalized spacial score (nSPS) is 18.9. The Bertz CT molecular complexity index is 1030. The van der Waals surface area contributed by atoms with E-state index in [-0.39, 0.29) is 11.7 Å². The van der Waals surface area contributed by atoms with Crippen molar-refractivity contribution in [3.8, 4) is 5.88 Å². The molecule has 0 fully saturated rings. The molecule has 3 heterocycles. The van der Waals surface area contributed by atoms with Crippen LogP contribution in [0.3, 0.4) is 0 Å². The Morgan fingerprint density at radius 1 is 1.26 bits per heavy atom. The summed E-state index contributed by atoms with van der Waals surface area (Å²) in [5.74, 6) is 2.18. The molecule has 6 nitrogen and oxygen atoms in total. The van der Waals surface area contributed by atoms with Crippen molar-refractivity contribution in [2.24, 2.45) is 0 Å². The third-order valence-corrected chi connectivity index (χ3v) is 5.30. The van der Waals surface area contributed by atoms with Crippen molar-refractivity contribution in [1.29, 1.82) is 0 Å². The van der Waals surface area contributed by atoms with Crippen LogP contribution in [0.25, 0.3) is 0 Å². The molecule has 1 N–H and O–H groups in total. The topological polar surface area (TPSA) is 72.8 Å². The molecular weight excluding hydrogens is 340 g/mol. The molecule has 0 saturated heterocycles. The van der Waals surface area contributed by atoms with Gasteiger partial charge in [0.15, 0.2) is 5.78 Å². The minimum Gasteiger partial charge on any atom is -0.443 e. The number of aromatic amines is 1. The number of Topliss-reactive ketones (excluding diaryl/α,β-unsaturated/α-hetero) is 1. The number of H-pyrrole nitrogens is 1. The number of carbonyl (C=O) groups is 1. The van der Waals surface area contributed by atoms with Crippen LogP contribution in [-0.2, 0) is 11.3 Å². The SMILES string of the molecule is Cc1nn(Cc2ccccc2)c2c1[C@H](c1ncc[nH]1)C1=C(CCCC1=O)O2. The van der Waals surface area contributed by atoms with Gasteiger partial charge in [0.25, 0.3) is 0 Å². The Morgan fingerprint density at radius 3 is 2.89 bits per heavy atom. The number of imidazole rings is 1. The second-order valence-corrected chi connectivity index (χ2v) is 7.07. The summed E-state index contributed by atoms with van der Waals surface area (Å²) in [6.07, 6.45) is 5.67. The average molecular weight is 360 g/mol. The third kappa shape index (κ3) is 2.60. The summed E-state index contributed by atoms with van der Waals surface area (Å²) in [5, 5.41) is 4.74. The summed E-state index contributed by atoms with van der Waals surface area (Å²) in [7, 11) is 0. The molecule has 27 heavy (non-hydrogen) atoms. The first-order valence-corrected chi connectivity index (χ1v) is 9.27. The highest BCUT2D eigenvalue weighted by Crippen LogP contribution is 2.47. The van der Waals surface area contributed by atoms with Crippen LogP contribution >= 0.6 is 0 Å². The van der Waals surface area contributed by atoms with Crippen molar-refractivity contribution in [3.63, 3.8) is 0 Å². The van der Waals surface area contributed by atoms with Gasteiger partial charge in [-0.15, -0.1) is 0 Å². The number of ketones is 1. The van der Waals surface area contributed by atoms with E-state index in [1.165, 1.54) is 0 Å². The van der Waals surface area contributed by atoms with Gasteiger partial charge >= 0.3 is 0 Å². The van der Waals surface area contributed by atoms with E-state index in [1.807, 2.05) is 29.8 Å². The fourth-order valence-electron chi connectivity index (χ4n) is 4.11. The highest BCUT2D eigenvalue weighted by molar-refractivity contribution is 5.99. The third-order valence-electron chi connectivity index (χ3n) is 5.30. The summed E-state index contributed by atoms with van der Waals surface area (Å²) in [4.78, 5) is 20.4. The number of ether oxygens (including phenoxy) is 1. The molecule has 0 unspecified atom stereocenters. The number of allylic oxidation sites excluding steroid dienone is 2. The summed E-state index contributed by atoms with van der Waals surface area (Å²) >= 11 is 0. The minimum absolute atomic E-state index is 0.151. The van der Waals surface area contributed by atoms with Crippen LogP contribution in [0.5, 0.6) is 5.88 Å². The van der Waals surface area contributed by atoms with Gasteiger partial charge in [0, 0.05) is 30.8 Å². The first-order valence-electron chi connectivity index (χ1n) is 9.27. The molecule has 1 aromatic carbocycles. The highest BCUT2D eigenvalue weighted by atomic mass is 16.5. The first-order chi connectivity index (χ1) is 13.2. The Hall–Kier alpha value is -3.15. The number of carbonyl (C=O) groups excluding carboxylic acids is 1. The molecule has 136 valence electrons. The van der Waals surface area contributed by atoms with Gasteiger partial charge in [-0.05, 0) is 18.9 Å². The smallest absolute Gasteiger partial charge is 0.222 e. The maximum absolute atomic E-state index is 12.7. The van der Waals surface area contributed by atoms with Crippen LogP contribution in [-0.4, -0.2) is 25.5 Å². The molecule has 0 saturated carbocycles. The van der Waals surface area contributed by atoms with Crippen LogP contribution < -0.4 is 4.74 Å². The Kier molecular flexibility index (Phi) is 3.70. The summed E-state index contributed by atoms with van der Waals surface area (Å²) in [6.45, 7) is 2.59. The zero-order valence-electron chi connectivity index (χ0n) is 15.1. The molecule has 6 heteroatoms. The van der Waals surface area contributed by atoms with E-state index in [1.54, 1.807) is 12.4 Å². The molecule has 1 aliphatic carbocycles. The van der Waals surface area contributed by atoms with Crippen LogP contribution in [0.1, 0.15) is 47.8 Å². The van der Waals surface area contributed by atoms with Gasteiger partial charge < -0.3 is 9.72 Å². The fraction of sp³-hybridized carbons (Fsp3) is 0.286. The predicted octanol–water partition coefficient (Wildman–Crippen LogP) is 3.49. The van der Waals surface area contributed by atoms with Crippen molar-refractivity contribution < 1.29 is 9.53 Å². The molecule has 3 aromatic rings. The van der Waals surface area contributed by atoms with E-state index >= 15 is 0 Å². The summed E-state index contributed by atoms with van der Waals surface area (Å²) in [6, 6.07) is 10.2. The van der Waals surface area contributed by atoms with Gasteiger partial charge in [0.05, 0.1) is 23.7 Å². The van der Waals surface area contributed by atoms with E-state index in [0.717, 1.165) is 52.7 Å². The largest absolute Gasteiger partial charge is 0.443 e. The van der Waals surface area contributed by atoms with Crippen LogP contribution in [0.4, 0.5) is 0 Å². The van der Waals surface area contributed by atoms with Crippen molar-refractivity contribution >= 4 is 5.78 Å². The minimum atomic E-state index is -0.240. The van der Waals surface area contributed by atoms with Gasteiger partial charge in [-0.3, -0.25) is 4.79 Å². The number of nitrogens with zero attached hydrogens (tertiary/aromatic N) is 3. The Labute approximate surface area is 156 Å². The van der Waals surface area contributed by atoms with Crippen LogP contribution in [0.15, 0.2) is 54.1 Å². The van der Waals surface area contributed by atoms with Gasteiger partial charge in [-0.1, -0.05) is 30.3 Å². The van der Waals surface area contributed by atoms with Gasteiger partial charge in [-0.25, -0.2) is 9.67 Å². The first kappa shape index (κ1) is 16.1. The maximum atomic E-state index is 12.7. The fourth-order valence-corrected chi connectivity index (χ4v) is 4.11. The number of aromatic nitrogens is 4. The van der Waals surface area contributed by atoms with Gasteiger partial charge in [0.2, 0.25) is 5.88 Å². The standard InChI is InChI=1S/C21H20N4O2/c1-13-17-19(20-22-10-11-23-20)18-15(26)8-5-9-16(18)27-21(17)25(24-13)12-14-6-3-2-4-7-14/h2-4,6-7,10-11,19H,5,8-9,12H2,1H3,(H,22,23)/t19-/m0/s1. The zero-order chi connectivity index (χ0) is 18.4. The van der Waals surface area contributed by atoms with E-state index in [4.69, 9.17) is 9.84 Å². The number of rotatable bonds is 3. The van der Waals surface area contributed by atoms with E-state index < -0.39 is 0 Å². The molecule has 0 bridgehead atoms. The number of nitrogens with one attached hydrogen (secondary N) is 1. The predicted molar refractivity (Wildman–Crippen MR) is 99.5 cm³/mol. The maximum Gasteiger partial charge on any atom is 0.222 e. The van der Waals surface area contributed by atoms with Crippen LogP contribution in [0, 0.1) is 6.92 Å². The lowest BCUT2D eigenvalue weighted by atomic mass is 9.80. The van der Waals surface area contributed by atoms with Gasteiger partial charge in [-0.2, -0.15) is 5.10 Å². The number of hydrogen-bond acceptors (Lipinski definition) is 4. The lowest BCUT2D eigenvalue weighted by Gasteiger charge is -2.30. The van der Waals surface area contributed by atoms with Crippen molar-refractivity contribution in [3.05, 3.63) is 76.7 Å². The van der Waals surface area contributed by atoms with Crippen LogP contribution in [0.2, 0.25) is 0 Å². The molecule has 1 aliphatic heterocycles. The molecule has 1 atom stereocenters. The van der Waals surface area contributed by atoms with E-state index in [2.05, 4.69) is 22.1 Å². The lowest BCUT2D eigenvalue weighted by Crippen LogP contribution is -2.26. The number of fused-ring (bicyclic) bond motifs is 1.